The first-order valence-corrected chi connectivity index (χ1v) is 7.32. The van der Waals surface area contributed by atoms with Gasteiger partial charge in [0, 0.05) is 34.9 Å². The van der Waals surface area contributed by atoms with Crippen LogP contribution in [0.4, 0.5) is 0 Å². The molecule has 0 unspecified atom stereocenters. The Hall–Kier alpha value is -1.00. The van der Waals surface area contributed by atoms with Gasteiger partial charge in [0.1, 0.15) is 9.84 Å². The van der Waals surface area contributed by atoms with E-state index in [2.05, 4.69) is 0 Å². The lowest BCUT2D eigenvalue weighted by molar-refractivity contribution is 0.596. The largest absolute Gasteiger partial charge is 0.346 e. The minimum absolute atomic E-state index is 0.142. The Morgan fingerprint density at radius 2 is 2.06 bits per heavy atom. The van der Waals surface area contributed by atoms with Crippen LogP contribution in [0.5, 0.6) is 0 Å². The third-order valence-corrected chi connectivity index (χ3v) is 3.72. The number of fused-ring (bicyclic) bond motifs is 1. The van der Waals surface area contributed by atoms with Crippen LogP contribution in [0.2, 0.25) is 5.02 Å². The Kier molecular flexibility index (Phi) is 2.95. The average Bonchev–Trinajstić information content (AvgIpc) is 2.58. The second-order valence-electron chi connectivity index (χ2n) is 3.81. The first-order chi connectivity index (χ1) is 7.47. The molecule has 3 nitrogen and oxygen atoms in total. The molecule has 0 bridgehead atoms. The lowest BCUT2D eigenvalue weighted by atomic mass is 10.2. The van der Waals surface area contributed by atoms with Crippen LogP contribution in [0, 0.1) is 0 Å². The van der Waals surface area contributed by atoms with E-state index in [4.69, 9.17) is 11.6 Å². The van der Waals surface area contributed by atoms with Crippen molar-refractivity contribution in [3.8, 4) is 0 Å². The van der Waals surface area contributed by atoms with Gasteiger partial charge in [0.15, 0.2) is 0 Å². The summed E-state index contributed by atoms with van der Waals surface area (Å²) in [5.74, 6) is 0.142. The van der Waals surface area contributed by atoms with Crippen LogP contribution in [0.1, 0.15) is 0 Å². The zero-order valence-corrected chi connectivity index (χ0v) is 10.4. The van der Waals surface area contributed by atoms with E-state index in [0.29, 0.717) is 11.6 Å². The quantitative estimate of drug-likeness (QED) is 0.847. The normalized spacial score (nSPS) is 12.1. The SMILES string of the molecule is CS(=O)(=O)CCn1ccc2c(Cl)cccc21. The first-order valence-electron chi connectivity index (χ1n) is 4.88. The molecule has 2 rings (SSSR count). The molecule has 2 aromatic rings. The first kappa shape index (κ1) is 11.5. The maximum Gasteiger partial charge on any atom is 0.149 e. The summed E-state index contributed by atoms with van der Waals surface area (Å²) in [4.78, 5) is 0. The fraction of sp³-hybridized carbons (Fsp3) is 0.273. The Labute approximate surface area is 99.6 Å². The molecule has 0 amide bonds. The smallest absolute Gasteiger partial charge is 0.149 e. The Morgan fingerprint density at radius 1 is 1.31 bits per heavy atom. The van der Waals surface area contributed by atoms with Crippen molar-refractivity contribution >= 4 is 32.3 Å². The molecule has 16 heavy (non-hydrogen) atoms. The van der Waals surface area contributed by atoms with E-state index in [9.17, 15) is 8.42 Å². The molecule has 0 spiro atoms. The predicted molar refractivity (Wildman–Crippen MR) is 66.7 cm³/mol. The molecule has 1 aromatic heterocycles. The van der Waals surface area contributed by atoms with Crippen molar-refractivity contribution in [2.75, 3.05) is 12.0 Å². The number of aromatic nitrogens is 1. The van der Waals surface area contributed by atoms with Crippen LogP contribution >= 0.6 is 11.6 Å². The van der Waals surface area contributed by atoms with Crippen molar-refractivity contribution in [3.05, 3.63) is 35.5 Å². The second-order valence-corrected chi connectivity index (χ2v) is 6.48. The summed E-state index contributed by atoms with van der Waals surface area (Å²) in [6, 6.07) is 7.52. The summed E-state index contributed by atoms with van der Waals surface area (Å²) in [7, 11) is -2.93. The number of aryl methyl sites for hydroxylation is 1. The van der Waals surface area contributed by atoms with Gasteiger partial charge in [-0.05, 0) is 18.2 Å². The molecule has 86 valence electrons. The third kappa shape index (κ3) is 2.39. The maximum absolute atomic E-state index is 11.1. The van der Waals surface area contributed by atoms with Gasteiger partial charge < -0.3 is 4.57 Å². The van der Waals surface area contributed by atoms with E-state index >= 15 is 0 Å². The Morgan fingerprint density at radius 3 is 2.75 bits per heavy atom. The number of halogens is 1. The zero-order chi connectivity index (χ0) is 11.8. The molecule has 0 aliphatic heterocycles. The van der Waals surface area contributed by atoms with E-state index in [1.54, 1.807) is 0 Å². The van der Waals surface area contributed by atoms with Crippen LogP contribution in [-0.2, 0) is 16.4 Å². The van der Waals surface area contributed by atoms with Gasteiger partial charge in [-0.25, -0.2) is 8.42 Å². The molecule has 0 atom stereocenters. The van der Waals surface area contributed by atoms with E-state index in [1.165, 1.54) is 6.26 Å². The summed E-state index contributed by atoms with van der Waals surface area (Å²) < 4.78 is 24.1. The highest BCUT2D eigenvalue weighted by Crippen LogP contribution is 2.24. The van der Waals surface area contributed by atoms with E-state index < -0.39 is 9.84 Å². The van der Waals surface area contributed by atoms with Crippen LogP contribution in [0.15, 0.2) is 30.5 Å². The number of benzene rings is 1. The van der Waals surface area contributed by atoms with Crippen LogP contribution in [0.25, 0.3) is 10.9 Å². The fourth-order valence-electron chi connectivity index (χ4n) is 1.65. The summed E-state index contributed by atoms with van der Waals surface area (Å²) in [5, 5.41) is 1.65. The third-order valence-electron chi connectivity index (χ3n) is 2.46. The highest BCUT2D eigenvalue weighted by molar-refractivity contribution is 7.90. The highest BCUT2D eigenvalue weighted by Gasteiger charge is 2.06. The van der Waals surface area contributed by atoms with Gasteiger partial charge in [0.25, 0.3) is 0 Å². The van der Waals surface area contributed by atoms with E-state index in [1.807, 2.05) is 35.0 Å². The summed E-state index contributed by atoms with van der Waals surface area (Å²) >= 11 is 6.03. The summed E-state index contributed by atoms with van der Waals surface area (Å²) in [5.41, 5.74) is 0.969. The second kappa shape index (κ2) is 4.11. The fourth-order valence-corrected chi connectivity index (χ4v) is 2.41. The van der Waals surface area contributed by atoms with Crippen molar-refractivity contribution in [2.24, 2.45) is 0 Å². The van der Waals surface area contributed by atoms with Crippen molar-refractivity contribution in [2.45, 2.75) is 6.54 Å². The molecule has 0 saturated heterocycles. The molecule has 1 aromatic carbocycles. The number of hydrogen-bond donors (Lipinski definition) is 0. The monoisotopic (exact) mass is 257 g/mol. The van der Waals surface area contributed by atoms with Crippen LogP contribution in [-0.4, -0.2) is 25.0 Å². The van der Waals surface area contributed by atoms with Gasteiger partial charge in [-0.3, -0.25) is 0 Å². The number of hydrogen-bond acceptors (Lipinski definition) is 2. The van der Waals surface area contributed by atoms with E-state index in [-0.39, 0.29) is 5.75 Å². The van der Waals surface area contributed by atoms with Gasteiger partial charge in [-0.2, -0.15) is 0 Å². The van der Waals surface area contributed by atoms with Crippen molar-refractivity contribution < 1.29 is 8.42 Å². The summed E-state index contributed by atoms with van der Waals surface area (Å²) in [6.45, 7) is 0.461. The van der Waals surface area contributed by atoms with Gasteiger partial charge in [-0.1, -0.05) is 17.7 Å². The van der Waals surface area contributed by atoms with Crippen molar-refractivity contribution in [1.29, 1.82) is 0 Å². The maximum atomic E-state index is 11.1. The molecule has 5 heteroatoms. The molecule has 0 radical (unpaired) electrons. The molecule has 0 fully saturated rings. The number of rotatable bonds is 3. The van der Waals surface area contributed by atoms with Gasteiger partial charge in [-0.15, -0.1) is 0 Å². The summed E-state index contributed by atoms with van der Waals surface area (Å²) in [6.07, 6.45) is 3.10. The van der Waals surface area contributed by atoms with Gasteiger partial charge >= 0.3 is 0 Å². The standard InChI is InChI=1S/C11H12ClNO2S/c1-16(14,15)8-7-13-6-5-9-10(12)3-2-4-11(9)13/h2-6H,7-8H2,1H3. The van der Waals surface area contributed by atoms with Gasteiger partial charge in [0.05, 0.1) is 5.75 Å². The average molecular weight is 258 g/mol. The van der Waals surface area contributed by atoms with Crippen molar-refractivity contribution in [1.82, 2.24) is 4.57 Å². The minimum atomic E-state index is -2.93. The number of nitrogens with zero attached hydrogens (tertiary/aromatic N) is 1. The van der Waals surface area contributed by atoms with Crippen LogP contribution in [0.3, 0.4) is 0 Å². The Balaban J connectivity index is 2.36. The van der Waals surface area contributed by atoms with Crippen molar-refractivity contribution in [3.63, 3.8) is 0 Å². The molecule has 0 aliphatic rings. The zero-order valence-electron chi connectivity index (χ0n) is 8.85. The topological polar surface area (TPSA) is 39.1 Å². The highest BCUT2D eigenvalue weighted by atomic mass is 35.5. The lowest BCUT2D eigenvalue weighted by Gasteiger charge is -2.04. The molecule has 0 N–H and O–H groups in total. The molecular formula is C11H12ClNO2S. The molecule has 0 saturated carbocycles. The Bertz CT molecular complexity index is 616. The number of sulfone groups is 1. The lowest BCUT2D eigenvalue weighted by Crippen LogP contribution is -2.10. The predicted octanol–water partition coefficient (Wildman–Crippen LogP) is 2.34. The molecular weight excluding hydrogens is 246 g/mol. The van der Waals surface area contributed by atoms with E-state index in [0.717, 1.165) is 10.9 Å². The molecule has 1 heterocycles. The van der Waals surface area contributed by atoms with Crippen LogP contribution < -0.4 is 0 Å². The minimum Gasteiger partial charge on any atom is -0.346 e. The molecule has 0 aliphatic carbocycles. The van der Waals surface area contributed by atoms with Gasteiger partial charge in [0.2, 0.25) is 0 Å².